The van der Waals surface area contributed by atoms with Crippen molar-refractivity contribution in [3.8, 4) is 28.4 Å². The van der Waals surface area contributed by atoms with Gasteiger partial charge in [-0.1, -0.05) is 80.6 Å². The van der Waals surface area contributed by atoms with Gasteiger partial charge in [-0.25, -0.2) is 15.0 Å². The Labute approximate surface area is 272 Å². The number of fused-ring (bicyclic) bond motifs is 4. The van der Waals surface area contributed by atoms with E-state index in [1.165, 1.54) is 5.56 Å². The average molecular weight is 613 g/mol. The summed E-state index contributed by atoms with van der Waals surface area (Å²) in [6, 6.07) is 42.5. The van der Waals surface area contributed by atoms with Crippen molar-refractivity contribution in [2.24, 2.45) is 5.92 Å². The fourth-order valence-corrected chi connectivity index (χ4v) is 6.38. The molecule has 0 radical (unpaired) electrons. The van der Waals surface area contributed by atoms with Crippen LogP contribution in [0.25, 0.3) is 55.5 Å². The minimum absolute atomic E-state index is 0.122. The highest BCUT2D eigenvalue weighted by atomic mass is 16.3. The summed E-state index contributed by atoms with van der Waals surface area (Å²) in [5.41, 5.74) is 7.31. The van der Waals surface area contributed by atoms with E-state index in [4.69, 9.17) is 19.4 Å². The standard InChI is InChI=1S/C41H32N4O2/c1-26(2)22-27-23-29(25-30(24-27)45(37-20-9-10-21-42-37)34-17-11-13-28-12-3-4-14-31(28)34)38-40-39(33-16-6-8-19-36(33)47-40)44-41(43-38)32-15-5-7-18-35(32)46/h3-21,23-26,46H,22H2,1-2H3. The zero-order valence-corrected chi connectivity index (χ0v) is 26.1. The maximum absolute atomic E-state index is 10.8. The number of benzene rings is 5. The number of aromatic nitrogens is 3. The molecular formula is C41H32N4O2. The number of para-hydroxylation sites is 2. The van der Waals surface area contributed by atoms with Crippen molar-refractivity contribution in [2.45, 2.75) is 20.3 Å². The molecule has 8 aromatic rings. The van der Waals surface area contributed by atoms with Gasteiger partial charge in [-0.2, -0.15) is 0 Å². The van der Waals surface area contributed by atoms with Crippen molar-refractivity contribution in [3.05, 3.63) is 139 Å². The van der Waals surface area contributed by atoms with Gasteiger partial charge in [-0.3, -0.25) is 4.90 Å². The van der Waals surface area contributed by atoms with Gasteiger partial charge in [-0.05, 0) is 84.0 Å². The number of aromatic hydroxyl groups is 1. The van der Waals surface area contributed by atoms with Gasteiger partial charge in [0, 0.05) is 28.2 Å². The van der Waals surface area contributed by atoms with Gasteiger partial charge in [0.25, 0.3) is 0 Å². The van der Waals surface area contributed by atoms with Crippen LogP contribution < -0.4 is 4.90 Å². The molecule has 3 heterocycles. The van der Waals surface area contributed by atoms with E-state index in [2.05, 4.69) is 79.4 Å². The van der Waals surface area contributed by atoms with Crippen LogP contribution in [0.15, 0.2) is 138 Å². The van der Waals surface area contributed by atoms with Crippen molar-refractivity contribution >= 4 is 50.0 Å². The molecule has 8 rings (SSSR count). The molecule has 6 nitrogen and oxygen atoms in total. The third-order valence-corrected chi connectivity index (χ3v) is 8.40. The molecule has 3 aromatic heterocycles. The number of rotatable bonds is 7. The molecule has 0 aliphatic carbocycles. The fraction of sp³-hybridized carbons (Fsp3) is 0.0976. The van der Waals surface area contributed by atoms with Crippen LogP contribution in [0.5, 0.6) is 5.75 Å². The summed E-state index contributed by atoms with van der Waals surface area (Å²) in [4.78, 5) is 17.1. The molecule has 5 aromatic carbocycles. The normalized spacial score (nSPS) is 11.6. The summed E-state index contributed by atoms with van der Waals surface area (Å²) in [6.45, 7) is 4.46. The molecule has 0 aliphatic heterocycles. The SMILES string of the molecule is CC(C)Cc1cc(-c2nc(-c3ccccc3O)nc3c2oc2ccccc23)cc(N(c2ccccn2)c2cccc3ccccc23)c1. The Morgan fingerprint density at radius 3 is 2.34 bits per heavy atom. The highest BCUT2D eigenvalue weighted by Crippen LogP contribution is 2.42. The molecule has 0 fully saturated rings. The second-order valence-electron chi connectivity index (χ2n) is 12.2. The molecule has 0 spiro atoms. The lowest BCUT2D eigenvalue weighted by Gasteiger charge is -2.27. The number of furan rings is 1. The van der Waals surface area contributed by atoms with Gasteiger partial charge in [0.2, 0.25) is 0 Å². The molecule has 1 N–H and O–H groups in total. The third-order valence-electron chi connectivity index (χ3n) is 8.40. The Bertz CT molecular complexity index is 2390. The predicted octanol–water partition coefficient (Wildman–Crippen LogP) is 10.6. The molecule has 0 unspecified atom stereocenters. The minimum atomic E-state index is 0.122. The number of hydrogen-bond donors (Lipinski definition) is 1. The number of phenolic OH excluding ortho intramolecular Hbond substituents is 1. The molecule has 0 bridgehead atoms. The molecule has 0 saturated heterocycles. The van der Waals surface area contributed by atoms with E-state index in [0.29, 0.717) is 34.1 Å². The molecular weight excluding hydrogens is 580 g/mol. The summed E-state index contributed by atoms with van der Waals surface area (Å²) >= 11 is 0. The van der Waals surface area contributed by atoms with Crippen LogP contribution in [0.2, 0.25) is 0 Å². The Kier molecular flexibility index (Phi) is 7.10. The van der Waals surface area contributed by atoms with Crippen LogP contribution in [-0.2, 0) is 6.42 Å². The first-order chi connectivity index (χ1) is 23.0. The topological polar surface area (TPSA) is 75.3 Å². The lowest BCUT2D eigenvalue weighted by molar-refractivity contribution is 0.477. The van der Waals surface area contributed by atoms with Crippen LogP contribution in [0.3, 0.4) is 0 Å². The van der Waals surface area contributed by atoms with Crippen molar-refractivity contribution in [3.63, 3.8) is 0 Å². The van der Waals surface area contributed by atoms with E-state index >= 15 is 0 Å². The van der Waals surface area contributed by atoms with Crippen LogP contribution >= 0.6 is 0 Å². The monoisotopic (exact) mass is 612 g/mol. The molecule has 0 atom stereocenters. The largest absolute Gasteiger partial charge is 0.507 e. The lowest BCUT2D eigenvalue weighted by Crippen LogP contribution is -2.13. The first kappa shape index (κ1) is 28.5. The van der Waals surface area contributed by atoms with Crippen molar-refractivity contribution in [1.82, 2.24) is 15.0 Å². The number of phenols is 1. The number of anilines is 3. The first-order valence-corrected chi connectivity index (χ1v) is 15.8. The van der Waals surface area contributed by atoms with E-state index in [1.807, 2.05) is 60.8 Å². The predicted molar refractivity (Wildman–Crippen MR) is 190 cm³/mol. The van der Waals surface area contributed by atoms with Gasteiger partial charge in [0.05, 0.1) is 11.3 Å². The fourth-order valence-electron chi connectivity index (χ4n) is 6.38. The molecule has 6 heteroatoms. The van der Waals surface area contributed by atoms with E-state index in [9.17, 15) is 5.11 Å². The third kappa shape index (κ3) is 5.24. The second kappa shape index (κ2) is 11.7. The first-order valence-electron chi connectivity index (χ1n) is 15.8. The summed E-state index contributed by atoms with van der Waals surface area (Å²) in [7, 11) is 0. The maximum Gasteiger partial charge on any atom is 0.180 e. The zero-order valence-electron chi connectivity index (χ0n) is 26.1. The quantitative estimate of drug-likeness (QED) is 0.193. The Morgan fingerprint density at radius 1 is 0.745 bits per heavy atom. The minimum Gasteiger partial charge on any atom is -0.507 e. The molecule has 0 saturated carbocycles. The van der Waals surface area contributed by atoms with Crippen LogP contribution in [0.4, 0.5) is 17.2 Å². The molecule has 228 valence electrons. The Morgan fingerprint density at radius 2 is 1.51 bits per heavy atom. The van der Waals surface area contributed by atoms with Crippen LogP contribution in [-0.4, -0.2) is 20.1 Å². The summed E-state index contributed by atoms with van der Waals surface area (Å²) in [6.07, 6.45) is 2.69. The number of hydrogen-bond acceptors (Lipinski definition) is 6. The smallest absolute Gasteiger partial charge is 0.180 e. The Balaban J connectivity index is 1.43. The van der Waals surface area contributed by atoms with E-state index in [0.717, 1.165) is 50.9 Å². The number of pyridine rings is 1. The summed E-state index contributed by atoms with van der Waals surface area (Å²) in [5.74, 6) is 1.79. The van der Waals surface area contributed by atoms with Crippen LogP contribution in [0.1, 0.15) is 19.4 Å². The highest BCUT2D eigenvalue weighted by Gasteiger charge is 2.23. The molecule has 47 heavy (non-hydrogen) atoms. The summed E-state index contributed by atoms with van der Waals surface area (Å²) < 4.78 is 6.49. The van der Waals surface area contributed by atoms with Crippen LogP contribution in [0, 0.1) is 5.92 Å². The van der Waals surface area contributed by atoms with Crippen molar-refractivity contribution in [2.75, 3.05) is 4.90 Å². The lowest BCUT2D eigenvalue weighted by atomic mass is 9.97. The van der Waals surface area contributed by atoms with Gasteiger partial charge >= 0.3 is 0 Å². The maximum atomic E-state index is 10.8. The van der Waals surface area contributed by atoms with Gasteiger partial charge in [0.15, 0.2) is 11.4 Å². The van der Waals surface area contributed by atoms with Crippen molar-refractivity contribution < 1.29 is 9.52 Å². The number of nitrogens with zero attached hydrogens (tertiary/aromatic N) is 4. The average Bonchev–Trinajstić information content (AvgIpc) is 3.47. The van der Waals surface area contributed by atoms with E-state index in [1.54, 1.807) is 12.1 Å². The second-order valence-corrected chi connectivity index (χ2v) is 12.2. The highest BCUT2D eigenvalue weighted by molar-refractivity contribution is 6.07. The Hall–Kier alpha value is -6.01. The van der Waals surface area contributed by atoms with Gasteiger partial charge in [0.1, 0.15) is 28.4 Å². The van der Waals surface area contributed by atoms with Gasteiger partial charge < -0.3 is 9.52 Å². The molecule has 0 amide bonds. The zero-order chi connectivity index (χ0) is 31.9. The van der Waals surface area contributed by atoms with Crippen molar-refractivity contribution in [1.29, 1.82) is 0 Å². The summed E-state index contributed by atoms with van der Waals surface area (Å²) in [5, 5.41) is 14.0. The van der Waals surface area contributed by atoms with E-state index in [-0.39, 0.29) is 5.75 Å². The van der Waals surface area contributed by atoms with E-state index < -0.39 is 0 Å². The van der Waals surface area contributed by atoms with Gasteiger partial charge in [-0.15, -0.1) is 0 Å². The molecule has 0 aliphatic rings.